The average Bonchev–Trinajstić information content (AvgIpc) is 2.57. The van der Waals surface area contributed by atoms with Gasteiger partial charge in [0.1, 0.15) is 0 Å². The Morgan fingerprint density at radius 3 is 2.16 bits per heavy atom. The predicted molar refractivity (Wildman–Crippen MR) is 102 cm³/mol. The number of aromatic nitrogens is 1. The molecule has 0 aliphatic rings. The number of carbonyl (C=O) groups is 2. The number of anilines is 1. The lowest BCUT2D eigenvalue weighted by Crippen LogP contribution is -1.96. The van der Waals surface area contributed by atoms with E-state index in [1.54, 1.807) is 30.5 Å². The van der Waals surface area contributed by atoms with E-state index in [1.807, 2.05) is 6.07 Å². The van der Waals surface area contributed by atoms with Crippen LogP contribution in [0.15, 0.2) is 57.6 Å². The zero-order valence-electron chi connectivity index (χ0n) is 12.6. The number of hydrogen-bond donors (Lipinski definition) is 3. The van der Waals surface area contributed by atoms with Crippen LogP contribution in [0.3, 0.4) is 0 Å². The van der Waals surface area contributed by atoms with Crippen LogP contribution in [0.1, 0.15) is 20.7 Å². The summed E-state index contributed by atoms with van der Waals surface area (Å²) < 4.78 is 1.31. The molecule has 3 rings (SSSR count). The number of rotatable bonds is 2. The highest BCUT2D eigenvalue weighted by Crippen LogP contribution is 2.23. The highest BCUT2D eigenvalue weighted by Gasteiger charge is 2.07. The number of aromatic carboxylic acids is 2. The van der Waals surface area contributed by atoms with Gasteiger partial charge in [-0.25, -0.2) is 9.59 Å². The van der Waals surface area contributed by atoms with Crippen LogP contribution < -0.4 is 5.73 Å². The molecule has 3 aromatic rings. The van der Waals surface area contributed by atoms with E-state index in [9.17, 15) is 9.59 Å². The Morgan fingerprint density at radius 2 is 1.56 bits per heavy atom. The molecule has 0 bridgehead atoms. The fraction of sp³-hybridized carbons (Fsp3) is 0. The summed E-state index contributed by atoms with van der Waals surface area (Å²) in [7, 11) is 0. The van der Waals surface area contributed by atoms with Gasteiger partial charge in [0, 0.05) is 26.2 Å². The topological polar surface area (TPSA) is 114 Å². The molecular formula is C17H12Br2N2O4. The maximum Gasteiger partial charge on any atom is 0.335 e. The largest absolute Gasteiger partial charge is 0.478 e. The van der Waals surface area contributed by atoms with Gasteiger partial charge in [0.2, 0.25) is 0 Å². The number of nitrogen functional groups attached to an aromatic ring is 1. The minimum atomic E-state index is -0.953. The number of benzene rings is 2. The summed E-state index contributed by atoms with van der Waals surface area (Å²) in [4.78, 5) is 25.3. The normalized spacial score (nSPS) is 10.0. The van der Waals surface area contributed by atoms with Gasteiger partial charge in [0.15, 0.2) is 0 Å². The van der Waals surface area contributed by atoms with Gasteiger partial charge in [-0.15, -0.1) is 0 Å². The Balaban J connectivity index is 0.000000186. The summed E-state index contributed by atoms with van der Waals surface area (Å²) in [6.07, 6.45) is 1.67. The molecule has 0 saturated heterocycles. The van der Waals surface area contributed by atoms with Crippen molar-refractivity contribution in [3.05, 3.63) is 68.7 Å². The summed E-state index contributed by atoms with van der Waals surface area (Å²) in [5, 5.41) is 18.2. The maximum atomic E-state index is 10.8. The molecule has 0 radical (unpaired) electrons. The summed E-state index contributed by atoms with van der Waals surface area (Å²) >= 11 is 6.42. The average molecular weight is 468 g/mol. The molecular weight excluding hydrogens is 456 g/mol. The van der Waals surface area contributed by atoms with Crippen LogP contribution in [0.2, 0.25) is 0 Å². The Kier molecular flexibility index (Phi) is 6.11. The molecule has 0 aliphatic carbocycles. The fourth-order valence-corrected chi connectivity index (χ4v) is 2.89. The van der Waals surface area contributed by atoms with Gasteiger partial charge in [-0.1, -0.05) is 6.07 Å². The molecule has 4 N–H and O–H groups in total. The Morgan fingerprint density at radius 1 is 0.920 bits per heavy atom. The second-order valence-electron chi connectivity index (χ2n) is 4.88. The first-order chi connectivity index (χ1) is 11.8. The Hall–Kier alpha value is -2.45. The zero-order valence-corrected chi connectivity index (χ0v) is 15.8. The summed E-state index contributed by atoms with van der Waals surface area (Å²) in [6, 6.07) is 11.3. The van der Waals surface area contributed by atoms with Crippen LogP contribution in [-0.4, -0.2) is 27.1 Å². The number of pyridine rings is 1. The van der Waals surface area contributed by atoms with E-state index in [0.717, 1.165) is 10.9 Å². The van der Waals surface area contributed by atoms with Crippen molar-refractivity contribution in [3.63, 3.8) is 0 Å². The third kappa shape index (κ3) is 4.77. The molecule has 25 heavy (non-hydrogen) atoms. The van der Waals surface area contributed by atoms with Crippen molar-refractivity contribution in [2.75, 3.05) is 5.73 Å². The molecule has 0 amide bonds. The van der Waals surface area contributed by atoms with Crippen LogP contribution in [0.25, 0.3) is 10.9 Å². The van der Waals surface area contributed by atoms with Gasteiger partial charge in [-0.3, -0.25) is 4.98 Å². The van der Waals surface area contributed by atoms with Crippen molar-refractivity contribution in [3.8, 4) is 0 Å². The van der Waals surface area contributed by atoms with Gasteiger partial charge in [-0.2, -0.15) is 0 Å². The standard InChI is InChI=1S/C10H6BrNO2.C7H6BrNO2/c11-8-5-7(10(13)14)4-6-2-1-3-12-9(6)8;8-5-3-4(7(10)11)1-2-6(5)9/h1-5H,(H,13,14);1-3H,9H2,(H,10,11). The van der Waals surface area contributed by atoms with Gasteiger partial charge >= 0.3 is 11.9 Å². The minimum absolute atomic E-state index is 0.228. The van der Waals surface area contributed by atoms with Crippen LogP contribution in [0, 0.1) is 0 Å². The minimum Gasteiger partial charge on any atom is -0.478 e. The molecule has 1 aromatic heterocycles. The first-order valence-electron chi connectivity index (χ1n) is 6.85. The maximum absolute atomic E-state index is 10.8. The van der Waals surface area contributed by atoms with Gasteiger partial charge in [-0.05, 0) is 68.3 Å². The smallest absolute Gasteiger partial charge is 0.335 e. The van der Waals surface area contributed by atoms with E-state index < -0.39 is 11.9 Å². The molecule has 0 saturated carbocycles. The van der Waals surface area contributed by atoms with Crippen LogP contribution >= 0.6 is 31.9 Å². The molecule has 1 heterocycles. The van der Waals surface area contributed by atoms with Gasteiger partial charge < -0.3 is 15.9 Å². The second kappa shape index (κ2) is 8.09. The number of carboxylic acids is 2. The predicted octanol–water partition coefficient (Wildman–Crippen LogP) is 4.43. The lowest BCUT2D eigenvalue weighted by Gasteiger charge is -2.01. The van der Waals surface area contributed by atoms with Crippen molar-refractivity contribution in [2.45, 2.75) is 0 Å². The van der Waals surface area contributed by atoms with Crippen LogP contribution in [0.5, 0.6) is 0 Å². The van der Waals surface area contributed by atoms with E-state index in [-0.39, 0.29) is 11.1 Å². The van der Waals surface area contributed by atoms with E-state index >= 15 is 0 Å². The van der Waals surface area contributed by atoms with E-state index in [1.165, 1.54) is 12.1 Å². The van der Waals surface area contributed by atoms with Crippen molar-refractivity contribution in [1.29, 1.82) is 0 Å². The number of hydrogen-bond acceptors (Lipinski definition) is 4. The van der Waals surface area contributed by atoms with E-state index in [2.05, 4.69) is 36.8 Å². The first-order valence-corrected chi connectivity index (χ1v) is 8.44. The third-order valence-corrected chi connectivity index (χ3v) is 4.44. The fourth-order valence-electron chi connectivity index (χ4n) is 1.93. The molecule has 0 fully saturated rings. The summed E-state index contributed by atoms with van der Waals surface area (Å²) in [5.74, 6) is -1.89. The molecule has 8 heteroatoms. The summed E-state index contributed by atoms with van der Waals surface area (Å²) in [6.45, 7) is 0. The van der Waals surface area contributed by atoms with Gasteiger partial charge in [0.05, 0.1) is 16.6 Å². The quantitative estimate of drug-likeness (QED) is 0.480. The number of nitrogens with two attached hydrogens (primary N) is 1. The Bertz CT molecular complexity index is 961. The molecule has 0 atom stereocenters. The van der Waals surface area contributed by atoms with Crippen molar-refractivity contribution in [2.24, 2.45) is 0 Å². The molecule has 0 aliphatic heterocycles. The Labute approximate surface area is 159 Å². The summed E-state index contributed by atoms with van der Waals surface area (Å²) in [5.41, 5.74) is 7.25. The van der Waals surface area contributed by atoms with Crippen molar-refractivity contribution in [1.82, 2.24) is 4.98 Å². The van der Waals surface area contributed by atoms with Crippen molar-refractivity contribution >= 4 is 60.4 Å². The molecule has 128 valence electrons. The monoisotopic (exact) mass is 466 g/mol. The molecule has 6 nitrogen and oxygen atoms in total. The van der Waals surface area contributed by atoms with Crippen LogP contribution in [0.4, 0.5) is 5.69 Å². The number of carboxylic acid groups (broad SMARTS) is 2. The first kappa shape index (κ1) is 18.9. The van der Waals surface area contributed by atoms with E-state index in [4.69, 9.17) is 15.9 Å². The highest BCUT2D eigenvalue weighted by atomic mass is 79.9. The third-order valence-electron chi connectivity index (χ3n) is 3.15. The molecule has 2 aromatic carbocycles. The second-order valence-corrected chi connectivity index (χ2v) is 6.59. The number of fused-ring (bicyclic) bond motifs is 1. The number of nitrogens with zero attached hydrogens (tertiary/aromatic N) is 1. The zero-order chi connectivity index (χ0) is 18.6. The lowest BCUT2D eigenvalue weighted by atomic mass is 10.1. The highest BCUT2D eigenvalue weighted by molar-refractivity contribution is 9.11. The lowest BCUT2D eigenvalue weighted by molar-refractivity contribution is 0.0686. The SMILES string of the molecule is Nc1ccc(C(=O)O)cc1Br.O=C(O)c1cc(Br)c2ncccc2c1. The van der Waals surface area contributed by atoms with Crippen LogP contribution in [-0.2, 0) is 0 Å². The number of halogens is 2. The molecule has 0 unspecified atom stereocenters. The van der Waals surface area contributed by atoms with Gasteiger partial charge in [0.25, 0.3) is 0 Å². The van der Waals surface area contributed by atoms with Crippen molar-refractivity contribution < 1.29 is 19.8 Å². The molecule has 0 spiro atoms. The van der Waals surface area contributed by atoms with E-state index in [0.29, 0.717) is 14.6 Å².